The minimum Gasteiger partial charge on any atom is -0.329 e. The van der Waals surface area contributed by atoms with Crippen LogP contribution in [0.5, 0.6) is 0 Å². The summed E-state index contributed by atoms with van der Waals surface area (Å²) in [4.78, 5) is 22.4. The number of benzene rings is 2. The summed E-state index contributed by atoms with van der Waals surface area (Å²) in [5.41, 5.74) is 0.234. The highest BCUT2D eigenvalue weighted by Crippen LogP contribution is 2.22. The standard InChI is InChI=1S/C14H9ClF2N2O2/c15-11-3-2-9(18-7-20)6-10(11)14(21)19-13-4-1-8(16)5-12(13)17/h1-7H,(H,18,20)(H,19,21). The quantitative estimate of drug-likeness (QED) is 0.850. The molecular weight excluding hydrogens is 302 g/mol. The number of amides is 2. The minimum absolute atomic E-state index is 0.0484. The van der Waals surface area contributed by atoms with Gasteiger partial charge in [0.1, 0.15) is 11.6 Å². The molecule has 4 nitrogen and oxygen atoms in total. The van der Waals surface area contributed by atoms with Crippen molar-refractivity contribution in [1.82, 2.24) is 0 Å². The molecule has 0 aliphatic heterocycles. The van der Waals surface area contributed by atoms with E-state index in [9.17, 15) is 18.4 Å². The second kappa shape index (κ2) is 6.32. The Morgan fingerprint density at radius 1 is 1.14 bits per heavy atom. The maximum Gasteiger partial charge on any atom is 0.257 e. The van der Waals surface area contributed by atoms with E-state index in [2.05, 4.69) is 10.6 Å². The summed E-state index contributed by atoms with van der Waals surface area (Å²) >= 11 is 5.89. The summed E-state index contributed by atoms with van der Waals surface area (Å²) in [6, 6.07) is 7.04. The Morgan fingerprint density at radius 3 is 2.57 bits per heavy atom. The van der Waals surface area contributed by atoms with E-state index in [1.165, 1.54) is 18.2 Å². The first-order chi connectivity index (χ1) is 10.0. The highest BCUT2D eigenvalue weighted by atomic mass is 35.5. The molecule has 2 aromatic carbocycles. The van der Waals surface area contributed by atoms with Gasteiger partial charge in [0.2, 0.25) is 6.41 Å². The maximum atomic E-state index is 13.5. The summed E-state index contributed by atoms with van der Waals surface area (Å²) in [5, 5.41) is 4.78. The fourth-order valence-electron chi connectivity index (χ4n) is 1.64. The van der Waals surface area contributed by atoms with Gasteiger partial charge in [-0.2, -0.15) is 0 Å². The number of rotatable bonds is 4. The molecular formula is C14H9ClF2N2O2. The summed E-state index contributed by atoms with van der Waals surface area (Å²) in [5.74, 6) is -2.33. The largest absolute Gasteiger partial charge is 0.329 e. The van der Waals surface area contributed by atoms with Crippen LogP contribution >= 0.6 is 11.6 Å². The van der Waals surface area contributed by atoms with Crippen molar-refractivity contribution in [3.8, 4) is 0 Å². The molecule has 108 valence electrons. The lowest BCUT2D eigenvalue weighted by Gasteiger charge is -2.09. The molecule has 0 unspecified atom stereocenters. The second-order valence-corrected chi connectivity index (χ2v) is 4.44. The molecule has 2 amide bonds. The molecule has 7 heteroatoms. The zero-order valence-corrected chi connectivity index (χ0v) is 11.2. The number of carbonyl (C=O) groups is 2. The third-order valence-corrected chi connectivity index (χ3v) is 2.95. The monoisotopic (exact) mass is 310 g/mol. The number of halogens is 3. The number of hydrogen-bond acceptors (Lipinski definition) is 2. The normalized spacial score (nSPS) is 10.0. The maximum absolute atomic E-state index is 13.5. The average molecular weight is 311 g/mol. The zero-order chi connectivity index (χ0) is 15.4. The average Bonchev–Trinajstić information content (AvgIpc) is 2.44. The molecule has 0 saturated heterocycles. The number of anilines is 2. The van der Waals surface area contributed by atoms with Gasteiger partial charge >= 0.3 is 0 Å². The van der Waals surface area contributed by atoms with Crippen LogP contribution in [-0.2, 0) is 4.79 Å². The van der Waals surface area contributed by atoms with E-state index in [4.69, 9.17) is 11.6 Å². The molecule has 0 aromatic heterocycles. The van der Waals surface area contributed by atoms with Crippen molar-refractivity contribution < 1.29 is 18.4 Å². The number of carbonyl (C=O) groups excluding carboxylic acids is 2. The van der Waals surface area contributed by atoms with E-state index in [1.54, 1.807) is 0 Å². The van der Waals surface area contributed by atoms with Crippen LogP contribution in [0.2, 0.25) is 5.02 Å². The molecule has 0 spiro atoms. The number of nitrogens with one attached hydrogen (secondary N) is 2. The summed E-state index contributed by atoms with van der Waals surface area (Å²) in [6.07, 6.45) is 0.449. The van der Waals surface area contributed by atoms with E-state index in [0.717, 1.165) is 12.1 Å². The van der Waals surface area contributed by atoms with Crippen LogP contribution in [0.15, 0.2) is 36.4 Å². The van der Waals surface area contributed by atoms with Gasteiger partial charge in [0.05, 0.1) is 16.3 Å². The molecule has 2 N–H and O–H groups in total. The molecule has 2 rings (SSSR count). The first-order valence-electron chi connectivity index (χ1n) is 5.77. The summed E-state index contributed by atoms with van der Waals surface area (Å²) < 4.78 is 26.3. The van der Waals surface area contributed by atoms with Crippen LogP contribution in [-0.4, -0.2) is 12.3 Å². The SMILES string of the molecule is O=CNc1ccc(Cl)c(C(=O)Nc2ccc(F)cc2F)c1. The van der Waals surface area contributed by atoms with Crippen molar-refractivity contribution in [1.29, 1.82) is 0 Å². The minimum atomic E-state index is -0.901. The highest BCUT2D eigenvalue weighted by molar-refractivity contribution is 6.34. The fraction of sp³-hybridized carbons (Fsp3) is 0. The van der Waals surface area contributed by atoms with Gasteiger partial charge in [-0.05, 0) is 30.3 Å². The van der Waals surface area contributed by atoms with Gasteiger partial charge in [0.25, 0.3) is 5.91 Å². The Labute approximate surface area is 123 Å². The Morgan fingerprint density at radius 2 is 1.90 bits per heavy atom. The smallest absolute Gasteiger partial charge is 0.257 e. The zero-order valence-electron chi connectivity index (χ0n) is 10.5. The van der Waals surface area contributed by atoms with Crippen LogP contribution < -0.4 is 10.6 Å². The third-order valence-electron chi connectivity index (χ3n) is 2.62. The van der Waals surface area contributed by atoms with Gasteiger partial charge in [0, 0.05) is 11.8 Å². The Hall–Kier alpha value is -2.47. The van der Waals surface area contributed by atoms with Gasteiger partial charge < -0.3 is 10.6 Å². The van der Waals surface area contributed by atoms with Gasteiger partial charge in [-0.15, -0.1) is 0 Å². The molecule has 0 atom stereocenters. The Balaban J connectivity index is 2.27. The van der Waals surface area contributed by atoms with Gasteiger partial charge in [-0.1, -0.05) is 11.6 Å². The number of hydrogen-bond donors (Lipinski definition) is 2. The van der Waals surface area contributed by atoms with Crippen LogP contribution in [0.3, 0.4) is 0 Å². The fourth-order valence-corrected chi connectivity index (χ4v) is 1.84. The van der Waals surface area contributed by atoms with Crippen molar-refractivity contribution in [3.05, 3.63) is 58.6 Å². The molecule has 21 heavy (non-hydrogen) atoms. The summed E-state index contributed by atoms with van der Waals surface area (Å²) in [6.45, 7) is 0. The van der Waals surface area contributed by atoms with Crippen molar-refractivity contribution in [3.63, 3.8) is 0 Å². The molecule has 2 aromatic rings. The lowest BCUT2D eigenvalue weighted by Crippen LogP contribution is -2.14. The van der Waals surface area contributed by atoms with E-state index < -0.39 is 17.5 Å². The highest BCUT2D eigenvalue weighted by Gasteiger charge is 2.14. The lowest BCUT2D eigenvalue weighted by atomic mass is 10.1. The third kappa shape index (κ3) is 3.55. The predicted octanol–water partition coefficient (Wildman–Crippen LogP) is 3.44. The van der Waals surface area contributed by atoms with Gasteiger partial charge in [-0.3, -0.25) is 9.59 Å². The Bertz CT molecular complexity index is 707. The van der Waals surface area contributed by atoms with Gasteiger partial charge in [0.15, 0.2) is 0 Å². The van der Waals surface area contributed by atoms with Crippen molar-refractivity contribution >= 4 is 35.3 Å². The van der Waals surface area contributed by atoms with E-state index >= 15 is 0 Å². The van der Waals surface area contributed by atoms with Crippen molar-refractivity contribution in [2.75, 3.05) is 10.6 Å². The van der Waals surface area contributed by atoms with Crippen molar-refractivity contribution in [2.24, 2.45) is 0 Å². The van der Waals surface area contributed by atoms with Crippen molar-refractivity contribution in [2.45, 2.75) is 0 Å². The van der Waals surface area contributed by atoms with Crippen LogP contribution in [0.4, 0.5) is 20.2 Å². The molecule has 0 aliphatic rings. The molecule has 0 aliphatic carbocycles. The first kappa shape index (κ1) is 14.9. The topological polar surface area (TPSA) is 58.2 Å². The van der Waals surface area contributed by atoms with E-state index in [-0.39, 0.29) is 16.3 Å². The van der Waals surface area contributed by atoms with Crippen LogP contribution in [0, 0.1) is 11.6 Å². The van der Waals surface area contributed by atoms with Crippen LogP contribution in [0.25, 0.3) is 0 Å². The Kier molecular flexibility index (Phi) is 4.49. The first-order valence-corrected chi connectivity index (χ1v) is 6.15. The second-order valence-electron chi connectivity index (χ2n) is 4.04. The van der Waals surface area contributed by atoms with Gasteiger partial charge in [-0.25, -0.2) is 8.78 Å². The van der Waals surface area contributed by atoms with E-state index in [1.807, 2.05) is 0 Å². The van der Waals surface area contributed by atoms with E-state index in [0.29, 0.717) is 18.2 Å². The molecule has 0 radical (unpaired) electrons. The summed E-state index contributed by atoms with van der Waals surface area (Å²) in [7, 11) is 0. The molecule has 0 fully saturated rings. The van der Waals surface area contributed by atoms with Crippen LogP contribution in [0.1, 0.15) is 10.4 Å². The molecule has 0 heterocycles. The lowest BCUT2D eigenvalue weighted by molar-refractivity contribution is -0.105. The molecule has 0 saturated carbocycles. The predicted molar refractivity (Wildman–Crippen MR) is 75.4 cm³/mol. The molecule has 0 bridgehead atoms.